The van der Waals surface area contributed by atoms with Crippen LogP contribution in [0.1, 0.15) is 99.7 Å². The maximum absolute atomic E-state index is 12.2. The number of aliphatic carboxylic acids is 1. The maximum atomic E-state index is 12.2. The average Bonchev–Trinajstić information content (AvgIpc) is 3.55. The molecule has 0 saturated heterocycles. The molecule has 0 bridgehead atoms. The van der Waals surface area contributed by atoms with Crippen LogP contribution in [0, 0.1) is 21.4 Å². The fraction of sp³-hybridized carbons (Fsp3) is 0.356. The Bertz CT molecular complexity index is 2440. The summed E-state index contributed by atoms with van der Waals surface area (Å²) in [6.07, 6.45) is 18.9. The second-order valence-corrected chi connectivity index (χ2v) is 23.5. The molecule has 2 atom stereocenters. The molecular formula is C45H47I6N2O6S+. The number of halogens is 6. The number of Topliss-reactive ketones (excluding diaryl/α,β-unsaturated/α-hetero) is 1. The van der Waals surface area contributed by atoms with E-state index in [0.717, 1.165) is 59.9 Å². The zero-order valence-corrected chi connectivity index (χ0v) is 47.4. The molecule has 2 heterocycles. The van der Waals surface area contributed by atoms with Crippen LogP contribution in [0.3, 0.4) is 0 Å². The van der Waals surface area contributed by atoms with Crippen LogP contribution in [0.25, 0.3) is 0 Å². The van der Waals surface area contributed by atoms with Gasteiger partial charge in [-0.3, -0.25) is 14.1 Å². The molecule has 2 aliphatic rings. The highest BCUT2D eigenvalue weighted by Gasteiger charge is 2.50. The van der Waals surface area contributed by atoms with Crippen molar-refractivity contribution in [3.8, 4) is 0 Å². The minimum Gasteiger partial charge on any atom is -0.481 e. The second kappa shape index (κ2) is 21.7. The summed E-state index contributed by atoms with van der Waals surface area (Å²) in [5.74, 6) is -1.08. The molecule has 0 spiro atoms. The number of carbonyl (C=O) groups excluding carboxylic acids is 1. The first-order valence-electron chi connectivity index (χ1n) is 19.6. The van der Waals surface area contributed by atoms with Crippen LogP contribution in [0.2, 0.25) is 0 Å². The fourth-order valence-electron chi connectivity index (χ4n) is 8.32. The molecule has 320 valence electrons. The predicted molar refractivity (Wildman–Crippen MR) is 294 cm³/mol. The predicted octanol–water partition coefficient (Wildman–Crippen LogP) is 13.0. The lowest BCUT2D eigenvalue weighted by Gasteiger charge is -2.31. The minimum atomic E-state index is -4.13. The number of anilines is 1. The number of unbranched alkanes of at least 4 members (excludes halogenated alkanes) is 2. The number of allylic oxidation sites excluding steroid dienone is 8. The minimum absolute atomic E-state index is 0.0435. The Morgan fingerprint density at radius 2 is 1.43 bits per heavy atom. The summed E-state index contributed by atoms with van der Waals surface area (Å²) in [7, 11) is -4.13. The summed E-state index contributed by atoms with van der Waals surface area (Å²) in [5.41, 5.74) is 7.87. The van der Waals surface area contributed by atoms with Gasteiger partial charge in [0, 0.05) is 75.5 Å². The third-order valence-corrected chi connectivity index (χ3v) is 22.2. The van der Waals surface area contributed by atoms with Gasteiger partial charge in [-0.05, 0) is 193 Å². The monoisotopic (exact) mass is 1500 g/mol. The number of fused-ring (bicyclic) bond motifs is 2. The number of hydrogen-bond acceptors (Lipinski definition) is 5. The zero-order valence-electron chi connectivity index (χ0n) is 33.7. The molecule has 8 nitrogen and oxygen atoms in total. The Hall–Kier alpha value is -0.480. The van der Waals surface area contributed by atoms with E-state index >= 15 is 0 Å². The van der Waals surface area contributed by atoms with E-state index in [4.69, 9.17) is 0 Å². The average molecular weight is 1510 g/mol. The lowest BCUT2D eigenvalue weighted by molar-refractivity contribution is -0.437. The van der Waals surface area contributed by atoms with Crippen molar-refractivity contribution in [2.45, 2.75) is 83.5 Å². The van der Waals surface area contributed by atoms with Crippen LogP contribution in [0.5, 0.6) is 0 Å². The summed E-state index contributed by atoms with van der Waals surface area (Å²) in [6, 6.07) is 12.5. The molecule has 0 aromatic heterocycles. The maximum Gasteiger partial charge on any atom is 0.303 e. The molecule has 0 amide bonds. The number of carbonyl (C=O) groups is 2. The van der Waals surface area contributed by atoms with Crippen molar-refractivity contribution in [3.05, 3.63) is 128 Å². The van der Waals surface area contributed by atoms with Gasteiger partial charge in [0.2, 0.25) is 5.69 Å². The first-order valence-corrected chi connectivity index (χ1v) is 27.6. The number of carboxylic acids is 1. The van der Waals surface area contributed by atoms with Crippen LogP contribution in [-0.2, 0) is 25.7 Å². The third-order valence-electron chi connectivity index (χ3n) is 11.2. The molecule has 15 heteroatoms. The Morgan fingerprint density at radius 3 is 2.05 bits per heavy atom. The molecule has 2 N–H and O–H groups in total. The smallest absolute Gasteiger partial charge is 0.303 e. The largest absolute Gasteiger partial charge is 0.481 e. The van der Waals surface area contributed by atoms with E-state index in [9.17, 15) is 27.7 Å². The molecule has 3 aromatic carbocycles. The van der Waals surface area contributed by atoms with Crippen LogP contribution in [-0.4, -0.2) is 59.0 Å². The van der Waals surface area contributed by atoms with Crippen LogP contribution >= 0.6 is 136 Å². The van der Waals surface area contributed by atoms with Crippen molar-refractivity contribution in [2.75, 3.05) is 23.7 Å². The van der Waals surface area contributed by atoms with Crippen molar-refractivity contribution >= 4 is 175 Å². The van der Waals surface area contributed by atoms with E-state index in [1.54, 1.807) is 6.92 Å². The topological polar surface area (TPSA) is 115 Å². The molecule has 0 fully saturated rings. The molecule has 3 aromatic rings. The molecule has 5 rings (SSSR count). The normalized spacial score (nSPS) is 19.8. The van der Waals surface area contributed by atoms with E-state index in [0.29, 0.717) is 18.5 Å². The van der Waals surface area contributed by atoms with Gasteiger partial charge in [-0.15, -0.1) is 0 Å². The molecular weight excluding hydrogens is 1460 g/mol. The Labute approximate surface area is 436 Å². The van der Waals surface area contributed by atoms with Crippen LogP contribution < -0.4 is 4.90 Å². The third kappa shape index (κ3) is 11.1. The number of hydrogen-bond donors (Lipinski definition) is 2. The van der Waals surface area contributed by atoms with Gasteiger partial charge >= 0.3 is 5.97 Å². The lowest BCUT2D eigenvalue weighted by atomic mass is 9.75. The number of carboxylic acid groups (broad SMARTS) is 1. The Kier molecular flexibility index (Phi) is 18.2. The first-order chi connectivity index (χ1) is 28.3. The molecule has 0 aliphatic carbocycles. The van der Waals surface area contributed by atoms with Crippen molar-refractivity contribution < 1.29 is 32.2 Å². The van der Waals surface area contributed by atoms with Gasteiger partial charge in [0.05, 0.1) is 22.1 Å². The highest BCUT2D eigenvalue weighted by atomic mass is 127. The van der Waals surface area contributed by atoms with Gasteiger partial charge in [-0.25, -0.2) is 0 Å². The van der Waals surface area contributed by atoms with Gasteiger partial charge in [0.25, 0.3) is 10.1 Å². The number of nitrogens with zero attached hydrogens (tertiary/aromatic N) is 2. The summed E-state index contributed by atoms with van der Waals surface area (Å²) in [5, 5.41) is 9.23. The summed E-state index contributed by atoms with van der Waals surface area (Å²) in [6.45, 7) is 9.59. The number of benzene rings is 3. The van der Waals surface area contributed by atoms with Crippen molar-refractivity contribution in [2.24, 2.45) is 0 Å². The van der Waals surface area contributed by atoms with E-state index in [1.165, 1.54) is 33.2 Å². The highest BCUT2D eigenvalue weighted by Crippen LogP contribution is 2.55. The van der Waals surface area contributed by atoms with E-state index in [1.807, 2.05) is 36.4 Å². The fourth-order valence-corrected chi connectivity index (χ4v) is 14.1. The van der Waals surface area contributed by atoms with Gasteiger partial charge in [0.15, 0.2) is 11.5 Å². The molecule has 0 saturated carbocycles. The van der Waals surface area contributed by atoms with Crippen LogP contribution in [0.4, 0.5) is 11.4 Å². The molecule has 0 radical (unpaired) electrons. The quantitative estimate of drug-likeness (QED) is 0.0248. The highest BCUT2D eigenvalue weighted by molar-refractivity contribution is 14.1. The van der Waals surface area contributed by atoms with E-state index in [-0.39, 0.29) is 24.4 Å². The van der Waals surface area contributed by atoms with Crippen LogP contribution in [0.15, 0.2) is 84.6 Å². The number of ketones is 1. The lowest BCUT2D eigenvalue weighted by Crippen LogP contribution is -2.32. The Morgan fingerprint density at radius 1 is 0.817 bits per heavy atom. The van der Waals surface area contributed by atoms with Gasteiger partial charge in [-0.2, -0.15) is 13.0 Å². The second-order valence-electron chi connectivity index (χ2n) is 15.3. The molecule has 2 aliphatic heterocycles. The summed E-state index contributed by atoms with van der Waals surface area (Å²) in [4.78, 5) is 25.9. The number of rotatable bonds is 18. The van der Waals surface area contributed by atoms with Crippen molar-refractivity contribution in [1.29, 1.82) is 0 Å². The van der Waals surface area contributed by atoms with Crippen molar-refractivity contribution in [1.82, 2.24) is 0 Å². The molecule has 2 unspecified atom stereocenters. The Balaban J connectivity index is 1.53. The SMILES string of the molecule is CCCN1\C(=C/C=C/C=C/C=C/C2=[N+](CCCS(=O)(=O)O)c3cc(I)c(I)c(I)c3C2(C)CCCCCC(=O)O)C(C)(c2ccc(C(C)=O)cc2)c2c1cc(I)c(I)c2I. The van der Waals surface area contributed by atoms with Gasteiger partial charge in [0.1, 0.15) is 6.54 Å². The standard InChI is InChI=1S/C45H46I6N2O6S/c1-5-23-52-34-27-32(47)41(49)43(51)39(34)45(4,30-20-18-29(19-21-30)28(2)54)36(52)16-11-8-6-7-10-15-35-44(3,22-13-9-12-17-37(55)56)38-33(26-31(46)40(48)42(38)50)53(35)24-14-25-60(57,58)59/h6-8,10-11,15-16,18-21,26-27H,5,9,12-14,17,22-25H2,1-4H3,(H-,55,56,57,58,59)/p+1. The zero-order chi connectivity index (χ0) is 44.2. The van der Waals surface area contributed by atoms with Crippen molar-refractivity contribution in [3.63, 3.8) is 0 Å². The van der Waals surface area contributed by atoms with Gasteiger partial charge in [-0.1, -0.05) is 74.4 Å². The first kappa shape index (κ1) is 50.5. The molecule has 60 heavy (non-hydrogen) atoms. The van der Waals surface area contributed by atoms with E-state index in [2.05, 4.69) is 208 Å². The summed E-state index contributed by atoms with van der Waals surface area (Å²) < 4.78 is 42.4. The van der Waals surface area contributed by atoms with Gasteiger partial charge < -0.3 is 10.0 Å². The van der Waals surface area contributed by atoms with E-state index < -0.39 is 26.9 Å². The summed E-state index contributed by atoms with van der Waals surface area (Å²) >= 11 is 14.6.